The lowest BCUT2D eigenvalue weighted by Crippen LogP contribution is -2.19. The molecule has 1 fully saturated rings. The molecule has 2 nitrogen and oxygen atoms in total. The summed E-state index contributed by atoms with van der Waals surface area (Å²) in [6.45, 7) is 2.65. The first-order valence-corrected chi connectivity index (χ1v) is 5.60. The van der Waals surface area contributed by atoms with Gasteiger partial charge in [0.15, 0.2) is 0 Å². The Bertz CT molecular complexity index is 374. The van der Waals surface area contributed by atoms with Gasteiger partial charge in [-0.25, -0.2) is 8.78 Å². The van der Waals surface area contributed by atoms with E-state index in [0.29, 0.717) is 17.7 Å². The van der Waals surface area contributed by atoms with Crippen LogP contribution >= 0.6 is 0 Å². The van der Waals surface area contributed by atoms with Crippen molar-refractivity contribution in [1.29, 1.82) is 0 Å². The maximum absolute atomic E-state index is 13.5. The predicted molar refractivity (Wildman–Crippen MR) is 58.8 cm³/mol. The molecule has 16 heavy (non-hydrogen) atoms. The van der Waals surface area contributed by atoms with Crippen molar-refractivity contribution in [3.63, 3.8) is 0 Å². The normalized spacial score (nSPS) is 16.9. The van der Waals surface area contributed by atoms with E-state index in [0.717, 1.165) is 32.0 Å². The molecule has 0 spiro atoms. The van der Waals surface area contributed by atoms with Crippen molar-refractivity contribution in [1.82, 2.24) is 4.90 Å². The van der Waals surface area contributed by atoms with Crippen molar-refractivity contribution in [2.75, 3.05) is 13.1 Å². The van der Waals surface area contributed by atoms with Gasteiger partial charge in [0, 0.05) is 30.3 Å². The van der Waals surface area contributed by atoms with Crippen LogP contribution in [0, 0.1) is 11.6 Å². The van der Waals surface area contributed by atoms with Crippen molar-refractivity contribution in [3.05, 3.63) is 34.9 Å². The molecular formula is C12H16F2N2. The largest absolute Gasteiger partial charge is 0.326 e. The minimum absolute atomic E-state index is 0.110. The maximum Gasteiger partial charge on any atom is 0.130 e. The summed E-state index contributed by atoms with van der Waals surface area (Å²) in [5.74, 6) is -1.02. The summed E-state index contributed by atoms with van der Waals surface area (Å²) in [7, 11) is 0. The summed E-state index contributed by atoms with van der Waals surface area (Å²) in [6, 6.07) is 2.48. The van der Waals surface area contributed by atoms with E-state index in [9.17, 15) is 8.78 Å². The molecule has 0 atom stereocenters. The molecule has 1 aromatic rings. The standard InChI is InChI=1S/C12H16F2N2/c13-11-6-12(14)10(5-9(11)7-15)8-16-3-1-2-4-16/h5-6H,1-4,7-8,15H2. The van der Waals surface area contributed by atoms with Gasteiger partial charge in [0.2, 0.25) is 0 Å². The molecule has 2 N–H and O–H groups in total. The van der Waals surface area contributed by atoms with E-state index >= 15 is 0 Å². The number of likely N-dealkylation sites (tertiary alicyclic amines) is 1. The van der Waals surface area contributed by atoms with Gasteiger partial charge in [0.05, 0.1) is 0 Å². The Balaban J connectivity index is 2.18. The van der Waals surface area contributed by atoms with Gasteiger partial charge in [-0.2, -0.15) is 0 Å². The van der Waals surface area contributed by atoms with Crippen LogP contribution in [0.3, 0.4) is 0 Å². The molecule has 88 valence electrons. The Morgan fingerprint density at radius 3 is 2.31 bits per heavy atom. The second-order valence-electron chi connectivity index (χ2n) is 4.22. The van der Waals surface area contributed by atoms with Crippen LogP contribution in [0.25, 0.3) is 0 Å². The second kappa shape index (κ2) is 4.89. The number of hydrogen-bond acceptors (Lipinski definition) is 2. The first kappa shape index (κ1) is 11.5. The molecule has 0 aromatic heterocycles. The zero-order valence-electron chi connectivity index (χ0n) is 9.18. The predicted octanol–water partition coefficient (Wildman–Crippen LogP) is 2.02. The number of hydrogen-bond donors (Lipinski definition) is 1. The van der Waals surface area contributed by atoms with Crippen LogP contribution in [0.4, 0.5) is 8.78 Å². The molecule has 0 radical (unpaired) electrons. The minimum atomic E-state index is -0.551. The third kappa shape index (κ3) is 2.39. The van der Waals surface area contributed by atoms with Crippen LogP contribution in [-0.4, -0.2) is 18.0 Å². The van der Waals surface area contributed by atoms with Gasteiger partial charge in [-0.15, -0.1) is 0 Å². The van der Waals surface area contributed by atoms with E-state index in [1.807, 2.05) is 0 Å². The Morgan fingerprint density at radius 1 is 1.06 bits per heavy atom. The Labute approximate surface area is 94.0 Å². The van der Waals surface area contributed by atoms with Gasteiger partial charge >= 0.3 is 0 Å². The zero-order chi connectivity index (χ0) is 11.5. The molecule has 1 heterocycles. The molecule has 0 aliphatic carbocycles. The molecule has 1 aliphatic heterocycles. The Kier molecular flexibility index (Phi) is 3.51. The summed E-state index contributed by atoms with van der Waals surface area (Å²) in [4.78, 5) is 2.18. The fourth-order valence-corrected chi connectivity index (χ4v) is 2.10. The fraction of sp³-hybridized carbons (Fsp3) is 0.500. The maximum atomic E-state index is 13.5. The smallest absolute Gasteiger partial charge is 0.130 e. The summed E-state index contributed by atoms with van der Waals surface area (Å²) >= 11 is 0. The number of nitrogens with zero attached hydrogens (tertiary/aromatic N) is 1. The quantitative estimate of drug-likeness (QED) is 0.854. The van der Waals surface area contributed by atoms with Gasteiger partial charge in [-0.3, -0.25) is 4.90 Å². The topological polar surface area (TPSA) is 29.3 Å². The number of rotatable bonds is 3. The molecule has 0 amide bonds. The van der Waals surface area contributed by atoms with Crippen LogP contribution < -0.4 is 5.73 Å². The van der Waals surface area contributed by atoms with Crippen molar-refractivity contribution >= 4 is 0 Å². The van der Waals surface area contributed by atoms with Crippen LogP contribution in [0.1, 0.15) is 24.0 Å². The number of halogens is 2. The fourth-order valence-electron chi connectivity index (χ4n) is 2.10. The van der Waals surface area contributed by atoms with E-state index in [2.05, 4.69) is 4.90 Å². The monoisotopic (exact) mass is 226 g/mol. The van der Waals surface area contributed by atoms with E-state index in [1.54, 1.807) is 6.07 Å². The van der Waals surface area contributed by atoms with Crippen molar-refractivity contribution in [2.24, 2.45) is 5.73 Å². The average Bonchev–Trinajstić information content (AvgIpc) is 2.75. The molecule has 0 unspecified atom stereocenters. The highest BCUT2D eigenvalue weighted by atomic mass is 19.1. The molecule has 1 aromatic carbocycles. The van der Waals surface area contributed by atoms with E-state index in [-0.39, 0.29) is 6.54 Å². The molecule has 1 aliphatic rings. The lowest BCUT2D eigenvalue weighted by molar-refractivity contribution is 0.325. The highest BCUT2D eigenvalue weighted by molar-refractivity contribution is 5.26. The van der Waals surface area contributed by atoms with Gasteiger partial charge in [0.1, 0.15) is 11.6 Å². The van der Waals surface area contributed by atoms with Crippen molar-refractivity contribution < 1.29 is 8.78 Å². The van der Waals surface area contributed by atoms with Gasteiger partial charge in [0.25, 0.3) is 0 Å². The molecule has 2 rings (SSSR count). The summed E-state index contributed by atoms with van der Waals surface area (Å²) in [5, 5.41) is 0. The number of nitrogens with two attached hydrogens (primary N) is 1. The highest BCUT2D eigenvalue weighted by Crippen LogP contribution is 2.18. The molecular weight excluding hydrogens is 210 g/mol. The third-order valence-electron chi connectivity index (χ3n) is 3.03. The van der Waals surface area contributed by atoms with Crippen LogP contribution in [0.5, 0.6) is 0 Å². The second-order valence-corrected chi connectivity index (χ2v) is 4.22. The first-order chi connectivity index (χ1) is 7.70. The lowest BCUT2D eigenvalue weighted by atomic mass is 10.1. The molecule has 0 bridgehead atoms. The van der Waals surface area contributed by atoms with Gasteiger partial charge < -0.3 is 5.73 Å². The Morgan fingerprint density at radius 2 is 1.69 bits per heavy atom. The lowest BCUT2D eigenvalue weighted by Gasteiger charge is -2.16. The van der Waals surface area contributed by atoms with Crippen LogP contribution in [0.15, 0.2) is 12.1 Å². The van der Waals surface area contributed by atoms with Crippen LogP contribution in [0.2, 0.25) is 0 Å². The van der Waals surface area contributed by atoms with Crippen molar-refractivity contribution in [2.45, 2.75) is 25.9 Å². The van der Waals surface area contributed by atoms with Crippen molar-refractivity contribution in [3.8, 4) is 0 Å². The molecule has 4 heteroatoms. The van der Waals surface area contributed by atoms with E-state index in [4.69, 9.17) is 5.73 Å². The summed E-state index contributed by atoms with van der Waals surface area (Å²) in [6.07, 6.45) is 2.32. The third-order valence-corrected chi connectivity index (χ3v) is 3.03. The highest BCUT2D eigenvalue weighted by Gasteiger charge is 2.15. The van der Waals surface area contributed by atoms with Gasteiger partial charge in [-0.05, 0) is 32.0 Å². The summed E-state index contributed by atoms with van der Waals surface area (Å²) < 4.78 is 26.7. The average molecular weight is 226 g/mol. The summed E-state index contributed by atoms with van der Waals surface area (Å²) in [5.41, 5.74) is 6.33. The van der Waals surface area contributed by atoms with Gasteiger partial charge in [-0.1, -0.05) is 0 Å². The van der Waals surface area contributed by atoms with E-state index < -0.39 is 11.6 Å². The molecule has 1 saturated heterocycles. The first-order valence-electron chi connectivity index (χ1n) is 5.60. The SMILES string of the molecule is NCc1cc(CN2CCCC2)c(F)cc1F. The molecule has 0 saturated carbocycles. The minimum Gasteiger partial charge on any atom is -0.326 e. The van der Waals surface area contributed by atoms with E-state index in [1.165, 1.54) is 0 Å². The van der Waals surface area contributed by atoms with Crippen LogP contribution in [-0.2, 0) is 13.1 Å². The zero-order valence-corrected chi connectivity index (χ0v) is 9.18. The number of benzene rings is 1. The Hall–Kier alpha value is -1.00.